The fourth-order valence-electron chi connectivity index (χ4n) is 3.54. The standard InChI is InChI=1S/C23H24N4O3/c1-29-18-8-10-21(30-2)19(15-18)23(28)24-17-7-5-6-16(14-17)20-9-11-22(26-25-20)27-12-3-4-13-27/h5-11,14-15H,3-4,12-13H2,1-2H3,(H,24,28). The zero-order valence-electron chi connectivity index (χ0n) is 17.1. The minimum atomic E-state index is -0.279. The molecule has 7 nitrogen and oxygen atoms in total. The summed E-state index contributed by atoms with van der Waals surface area (Å²) in [6.07, 6.45) is 2.40. The summed E-state index contributed by atoms with van der Waals surface area (Å²) >= 11 is 0. The third-order valence-corrected chi connectivity index (χ3v) is 5.15. The lowest BCUT2D eigenvalue weighted by atomic mass is 10.1. The maximum atomic E-state index is 12.8. The first-order valence-electron chi connectivity index (χ1n) is 9.90. The summed E-state index contributed by atoms with van der Waals surface area (Å²) in [7, 11) is 3.09. The number of carbonyl (C=O) groups excluding carboxylic acids is 1. The van der Waals surface area contributed by atoms with Crippen LogP contribution in [0.3, 0.4) is 0 Å². The van der Waals surface area contributed by atoms with Crippen LogP contribution in [0.2, 0.25) is 0 Å². The summed E-state index contributed by atoms with van der Waals surface area (Å²) in [6.45, 7) is 2.06. The average Bonchev–Trinajstić information content (AvgIpc) is 3.34. The van der Waals surface area contributed by atoms with E-state index in [1.807, 2.05) is 36.4 Å². The zero-order chi connectivity index (χ0) is 20.9. The van der Waals surface area contributed by atoms with Gasteiger partial charge >= 0.3 is 0 Å². The lowest BCUT2D eigenvalue weighted by Gasteiger charge is -2.15. The molecule has 0 unspecified atom stereocenters. The molecule has 3 aromatic rings. The Labute approximate surface area is 175 Å². The summed E-state index contributed by atoms with van der Waals surface area (Å²) in [6, 6.07) is 16.6. The molecule has 1 aliphatic rings. The van der Waals surface area contributed by atoms with E-state index in [2.05, 4.69) is 20.4 Å². The Hall–Kier alpha value is -3.61. The minimum absolute atomic E-state index is 0.279. The van der Waals surface area contributed by atoms with Gasteiger partial charge in [0.25, 0.3) is 5.91 Å². The molecular formula is C23H24N4O3. The van der Waals surface area contributed by atoms with E-state index in [0.29, 0.717) is 22.7 Å². The number of amides is 1. The van der Waals surface area contributed by atoms with Gasteiger partial charge in [0.1, 0.15) is 11.5 Å². The van der Waals surface area contributed by atoms with Gasteiger partial charge in [-0.05, 0) is 55.3 Å². The normalized spacial score (nSPS) is 13.2. The van der Waals surface area contributed by atoms with Crippen molar-refractivity contribution in [2.24, 2.45) is 0 Å². The van der Waals surface area contributed by atoms with Crippen LogP contribution in [0.1, 0.15) is 23.2 Å². The van der Waals surface area contributed by atoms with Crippen LogP contribution in [-0.2, 0) is 0 Å². The van der Waals surface area contributed by atoms with Gasteiger partial charge < -0.3 is 19.7 Å². The molecule has 0 atom stereocenters. The van der Waals surface area contributed by atoms with Gasteiger partial charge in [-0.1, -0.05) is 12.1 Å². The molecule has 1 amide bonds. The summed E-state index contributed by atoms with van der Waals surface area (Å²) < 4.78 is 10.5. The van der Waals surface area contributed by atoms with Gasteiger partial charge in [0.15, 0.2) is 5.82 Å². The van der Waals surface area contributed by atoms with Crippen LogP contribution in [0, 0.1) is 0 Å². The van der Waals surface area contributed by atoms with Crippen LogP contribution in [0.4, 0.5) is 11.5 Å². The van der Waals surface area contributed by atoms with Crippen molar-refractivity contribution in [2.75, 3.05) is 37.5 Å². The van der Waals surface area contributed by atoms with Crippen molar-refractivity contribution in [3.63, 3.8) is 0 Å². The molecule has 1 fully saturated rings. The molecule has 0 spiro atoms. The molecule has 1 aliphatic heterocycles. The predicted molar refractivity (Wildman–Crippen MR) is 116 cm³/mol. The number of hydrogen-bond donors (Lipinski definition) is 1. The molecule has 1 aromatic heterocycles. The molecule has 0 bridgehead atoms. The van der Waals surface area contributed by atoms with Crippen molar-refractivity contribution in [1.29, 1.82) is 0 Å². The number of nitrogens with zero attached hydrogens (tertiary/aromatic N) is 3. The quantitative estimate of drug-likeness (QED) is 0.669. The Kier molecular flexibility index (Phi) is 5.79. The van der Waals surface area contributed by atoms with Gasteiger partial charge in [-0.3, -0.25) is 4.79 Å². The van der Waals surface area contributed by atoms with Crippen LogP contribution in [-0.4, -0.2) is 43.4 Å². The number of rotatable bonds is 6. The maximum Gasteiger partial charge on any atom is 0.259 e. The molecule has 7 heteroatoms. The van der Waals surface area contributed by atoms with Crippen LogP contribution in [0.25, 0.3) is 11.3 Å². The van der Waals surface area contributed by atoms with Crippen LogP contribution >= 0.6 is 0 Å². The van der Waals surface area contributed by atoms with Gasteiger partial charge in [-0.15, -0.1) is 10.2 Å². The highest BCUT2D eigenvalue weighted by molar-refractivity contribution is 6.06. The lowest BCUT2D eigenvalue weighted by molar-refractivity contribution is 0.102. The van der Waals surface area contributed by atoms with Crippen molar-refractivity contribution >= 4 is 17.4 Å². The minimum Gasteiger partial charge on any atom is -0.497 e. The SMILES string of the molecule is COc1ccc(OC)c(C(=O)Nc2cccc(-c3ccc(N4CCCC4)nn3)c2)c1. The number of hydrogen-bond acceptors (Lipinski definition) is 6. The van der Waals surface area contributed by atoms with Crippen molar-refractivity contribution in [2.45, 2.75) is 12.8 Å². The molecule has 2 aromatic carbocycles. The summed E-state index contributed by atoms with van der Waals surface area (Å²) in [5.74, 6) is 1.69. The predicted octanol–water partition coefficient (Wildman–Crippen LogP) is 4.01. The molecular weight excluding hydrogens is 380 g/mol. The molecule has 4 rings (SSSR count). The molecule has 1 N–H and O–H groups in total. The van der Waals surface area contributed by atoms with Crippen LogP contribution < -0.4 is 19.7 Å². The third-order valence-electron chi connectivity index (χ3n) is 5.15. The average molecular weight is 404 g/mol. The highest BCUT2D eigenvalue weighted by atomic mass is 16.5. The molecule has 0 aliphatic carbocycles. The molecule has 1 saturated heterocycles. The Balaban J connectivity index is 1.53. The molecule has 30 heavy (non-hydrogen) atoms. The number of aromatic nitrogens is 2. The second-order valence-electron chi connectivity index (χ2n) is 7.07. The van der Waals surface area contributed by atoms with Gasteiger partial charge in [-0.25, -0.2) is 0 Å². The van der Waals surface area contributed by atoms with Gasteiger partial charge in [-0.2, -0.15) is 0 Å². The Morgan fingerprint density at radius 3 is 2.50 bits per heavy atom. The molecule has 0 radical (unpaired) electrons. The number of anilines is 2. The summed E-state index contributed by atoms with van der Waals surface area (Å²) in [4.78, 5) is 15.1. The van der Waals surface area contributed by atoms with Crippen molar-refractivity contribution in [3.05, 3.63) is 60.2 Å². The maximum absolute atomic E-state index is 12.8. The monoisotopic (exact) mass is 404 g/mol. The Morgan fingerprint density at radius 1 is 0.967 bits per heavy atom. The number of methoxy groups -OCH3 is 2. The Bertz CT molecular complexity index is 1030. The first-order valence-corrected chi connectivity index (χ1v) is 9.90. The Morgan fingerprint density at radius 2 is 1.80 bits per heavy atom. The largest absolute Gasteiger partial charge is 0.497 e. The van der Waals surface area contributed by atoms with Crippen molar-refractivity contribution in [1.82, 2.24) is 10.2 Å². The van der Waals surface area contributed by atoms with Crippen LogP contribution in [0.15, 0.2) is 54.6 Å². The van der Waals surface area contributed by atoms with E-state index >= 15 is 0 Å². The molecule has 2 heterocycles. The van der Waals surface area contributed by atoms with E-state index in [4.69, 9.17) is 9.47 Å². The number of carbonyl (C=O) groups is 1. The second kappa shape index (κ2) is 8.82. The highest BCUT2D eigenvalue weighted by Crippen LogP contribution is 2.27. The lowest BCUT2D eigenvalue weighted by Crippen LogP contribution is -2.19. The first-order chi connectivity index (χ1) is 14.7. The highest BCUT2D eigenvalue weighted by Gasteiger charge is 2.16. The fourth-order valence-corrected chi connectivity index (χ4v) is 3.54. The van der Waals surface area contributed by atoms with Crippen LogP contribution in [0.5, 0.6) is 11.5 Å². The van der Waals surface area contributed by atoms with Gasteiger partial charge in [0, 0.05) is 24.3 Å². The smallest absolute Gasteiger partial charge is 0.259 e. The van der Waals surface area contributed by atoms with E-state index in [9.17, 15) is 4.79 Å². The molecule has 0 saturated carbocycles. The van der Waals surface area contributed by atoms with Crippen molar-refractivity contribution < 1.29 is 14.3 Å². The summed E-state index contributed by atoms with van der Waals surface area (Å²) in [5, 5.41) is 11.7. The summed E-state index contributed by atoms with van der Waals surface area (Å²) in [5.41, 5.74) is 2.70. The molecule has 154 valence electrons. The topological polar surface area (TPSA) is 76.6 Å². The number of nitrogens with one attached hydrogen (secondary N) is 1. The zero-order valence-corrected chi connectivity index (χ0v) is 17.1. The van der Waals surface area contributed by atoms with E-state index in [0.717, 1.165) is 30.2 Å². The fraction of sp³-hybridized carbons (Fsp3) is 0.261. The van der Waals surface area contributed by atoms with E-state index in [1.54, 1.807) is 25.3 Å². The van der Waals surface area contributed by atoms with Gasteiger partial charge in [0.2, 0.25) is 0 Å². The number of benzene rings is 2. The number of ether oxygens (including phenoxy) is 2. The van der Waals surface area contributed by atoms with E-state index in [-0.39, 0.29) is 5.91 Å². The third kappa shape index (κ3) is 4.20. The van der Waals surface area contributed by atoms with Gasteiger partial charge in [0.05, 0.1) is 25.5 Å². The second-order valence-corrected chi connectivity index (χ2v) is 7.07. The first kappa shape index (κ1) is 19.7. The van der Waals surface area contributed by atoms with E-state index in [1.165, 1.54) is 20.0 Å². The van der Waals surface area contributed by atoms with Crippen molar-refractivity contribution in [3.8, 4) is 22.8 Å². The van der Waals surface area contributed by atoms with E-state index < -0.39 is 0 Å².